The number of likely N-dealkylation sites (tertiary alicyclic amines) is 1. The molecule has 0 aromatic heterocycles. The van der Waals surface area contributed by atoms with Crippen molar-refractivity contribution >= 4 is 29.4 Å². The number of nitrogens with one attached hydrogen (secondary N) is 2. The Morgan fingerprint density at radius 2 is 1.36 bits per heavy atom. The predicted molar refractivity (Wildman–Crippen MR) is 147 cm³/mol. The van der Waals surface area contributed by atoms with E-state index in [2.05, 4.69) is 5.32 Å². The molecule has 2 saturated heterocycles. The first-order valence-corrected chi connectivity index (χ1v) is 14.3. The number of hydrogen-bond acceptors (Lipinski definition) is 6. The Kier molecular flexibility index (Phi) is 11.1. The van der Waals surface area contributed by atoms with Gasteiger partial charge in [0.25, 0.3) is 11.8 Å². The lowest BCUT2D eigenvalue weighted by Gasteiger charge is -2.32. The summed E-state index contributed by atoms with van der Waals surface area (Å²) in [5, 5.41) is 4.65. The van der Waals surface area contributed by atoms with Gasteiger partial charge in [-0.15, -0.1) is 0 Å². The molecule has 0 unspecified atom stereocenters. The molecule has 10 nitrogen and oxygen atoms in total. The second-order valence-corrected chi connectivity index (χ2v) is 11.5. The highest BCUT2D eigenvalue weighted by molar-refractivity contribution is 6.01. The second kappa shape index (κ2) is 14.0. The summed E-state index contributed by atoms with van der Waals surface area (Å²) in [5.41, 5.74) is 0.540. The zero-order valence-electron chi connectivity index (χ0n) is 24.9. The molecule has 0 bridgehead atoms. The molecule has 15 heteroatoms. The summed E-state index contributed by atoms with van der Waals surface area (Å²) in [7, 11) is 0. The molecule has 2 heterocycles. The van der Waals surface area contributed by atoms with Crippen LogP contribution in [-0.4, -0.2) is 102 Å². The van der Waals surface area contributed by atoms with Crippen LogP contribution in [0.1, 0.15) is 61.3 Å². The van der Waals surface area contributed by atoms with Crippen LogP contribution in [0.15, 0.2) is 24.3 Å². The summed E-state index contributed by atoms with van der Waals surface area (Å²) in [6.45, 7) is 7.56. The summed E-state index contributed by atoms with van der Waals surface area (Å²) in [6, 6.07) is 1.34. The zero-order chi connectivity index (χ0) is 33.0. The lowest BCUT2D eigenvalue weighted by Crippen LogP contribution is -2.60. The van der Waals surface area contributed by atoms with Crippen molar-refractivity contribution in [1.29, 1.82) is 0 Å². The molecule has 2 N–H and O–H groups in total. The van der Waals surface area contributed by atoms with Crippen molar-refractivity contribution in [2.24, 2.45) is 11.8 Å². The van der Waals surface area contributed by atoms with Crippen LogP contribution in [0.5, 0.6) is 0 Å². The van der Waals surface area contributed by atoms with E-state index < -0.39 is 65.6 Å². The number of halogens is 5. The van der Waals surface area contributed by atoms with E-state index in [0.717, 1.165) is 4.90 Å². The number of ether oxygens (including phenoxy) is 1. The highest BCUT2D eigenvalue weighted by Gasteiger charge is 2.64. The molecule has 2 aliphatic rings. The average Bonchev–Trinajstić information content (AvgIpc) is 3.47. The van der Waals surface area contributed by atoms with E-state index in [1.807, 2.05) is 5.32 Å². The first-order chi connectivity index (χ1) is 20.5. The number of carbonyl (C=O) groups excluding carboxylic acids is 5. The zero-order valence-corrected chi connectivity index (χ0v) is 24.9. The Balaban J connectivity index is 1.71. The number of carbonyl (C=O) groups is 5. The standard InChI is InChI=1S/C29H37F5N4O6/c1-16(2)21(23(39)28(30,31)29(32,33)34)35-25(41)20-6-5-11-38(20)27(43)22(17(3)4)36-24(40)18-7-9-19(10-8-18)26(42)37-12-14-44-15-13-37/h7-10,16-17,20-22H,5-6,11-15H2,1-4H3,(H,35,41)(H,36,40)/t20-,21-,22-/m0/s1. The third kappa shape index (κ3) is 7.71. The summed E-state index contributed by atoms with van der Waals surface area (Å²) in [4.78, 5) is 67.4. The fourth-order valence-electron chi connectivity index (χ4n) is 5.05. The number of benzene rings is 1. The van der Waals surface area contributed by atoms with Crippen molar-refractivity contribution in [1.82, 2.24) is 20.4 Å². The van der Waals surface area contributed by atoms with Crippen molar-refractivity contribution in [3.63, 3.8) is 0 Å². The van der Waals surface area contributed by atoms with Crippen LogP contribution in [0.2, 0.25) is 0 Å². The van der Waals surface area contributed by atoms with Crippen LogP contribution in [0, 0.1) is 11.8 Å². The van der Waals surface area contributed by atoms with Crippen molar-refractivity contribution in [3.05, 3.63) is 35.4 Å². The molecule has 244 valence electrons. The van der Waals surface area contributed by atoms with E-state index in [1.165, 1.54) is 38.1 Å². The quantitative estimate of drug-likeness (QED) is 0.383. The van der Waals surface area contributed by atoms with Gasteiger partial charge in [-0.1, -0.05) is 27.7 Å². The number of hydrogen-bond donors (Lipinski definition) is 2. The van der Waals surface area contributed by atoms with Gasteiger partial charge in [0.1, 0.15) is 12.1 Å². The van der Waals surface area contributed by atoms with E-state index in [1.54, 1.807) is 18.7 Å². The average molecular weight is 633 g/mol. The maximum absolute atomic E-state index is 13.8. The van der Waals surface area contributed by atoms with Gasteiger partial charge in [0.2, 0.25) is 17.6 Å². The lowest BCUT2D eigenvalue weighted by atomic mass is 9.95. The van der Waals surface area contributed by atoms with E-state index in [0.29, 0.717) is 38.3 Å². The third-order valence-electron chi connectivity index (χ3n) is 7.66. The number of ketones is 1. The van der Waals surface area contributed by atoms with Gasteiger partial charge in [-0.05, 0) is 48.9 Å². The second-order valence-electron chi connectivity index (χ2n) is 11.5. The molecule has 4 amide bonds. The number of morpholine rings is 1. The summed E-state index contributed by atoms with van der Waals surface area (Å²) < 4.78 is 71.4. The van der Waals surface area contributed by atoms with Crippen molar-refractivity contribution in [3.8, 4) is 0 Å². The largest absolute Gasteiger partial charge is 0.461 e. The first kappa shape index (κ1) is 34.9. The van der Waals surface area contributed by atoms with Crippen LogP contribution in [-0.2, 0) is 19.1 Å². The van der Waals surface area contributed by atoms with Crippen molar-refractivity contribution < 1.29 is 50.7 Å². The molecule has 2 fully saturated rings. The fraction of sp³-hybridized carbons (Fsp3) is 0.621. The summed E-state index contributed by atoms with van der Waals surface area (Å²) in [5.74, 6) is -12.3. The molecular weight excluding hydrogens is 595 g/mol. The molecular formula is C29H37F5N4O6. The van der Waals surface area contributed by atoms with Crippen molar-refractivity contribution in [2.45, 2.75) is 70.8 Å². The maximum Gasteiger partial charge on any atom is 0.461 e. The van der Waals surface area contributed by atoms with Crippen LogP contribution >= 0.6 is 0 Å². The van der Waals surface area contributed by atoms with E-state index in [9.17, 15) is 45.9 Å². The molecule has 3 rings (SSSR count). The topological polar surface area (TPSA) is 125 Å². The molecule has 0 radical (unpaired) electrons. The highest BCUT2D eigenvalue weighted by Crippen LogP contribution is 2.37. The van der Waals surface area contributed by atoms with Crippen LogP contribution in [0.3, 0.4) is 0 Å². The van der Waals surface area contributed by atoms with Crippen LogP contribution < -0.4 is 10.6 Å². The SMILES string of the molecule is CC(C)[C@H](NC(=O)c1ccc(C(=O)N2CCOCC2)cc1)C(=O)N1CCC[C@H]1C(=O)N[C@H](C(=O)C(F)(F)C(F)(F)F)C(C)C. The third-order valence-corrected chi connectivity index (χ3v) is 7.66. The number of amides is 4. The maximum atomic E-state index is 13.8. The monoisotopic (exact) mass is 632 g/mol. The molecule has 0 saturated carbocycles. The summed E-state index contributed by atoms with van der Waals surface area (Å²) >= 11 is 0. The Hall–Kier alpha value is -3.62. The number of alkyl halides is 5. The van der Waals surface area contributed by atoms with Gasteiger partial charge in [0, 0.05) is 30.8 Å². The summed E-state index contributed by atoms with van der Waals surface area (Å²) in [6.07, 6.45) is -5.75. The van der Waals surface area contributed by atoms with E-state index >= 15 is 0 Å². The number of Topliss-reactive ketones (excluding diaryl/α,β-unsaturated/α-hetero) is 1. The predicted octanol–water partition coefficient (Wildman–Crippen LogP) is 2.81. The molecule has 2 aliphatic heterocycles. The molecule has 1 aromatic carbocycles. The van der Waals surface area contributed by atoms with Crippen LogP contribution in [0.4, 0.5) is 22.0 Å². The van der Waals surface area contributed by atoms with Gasteiger partial charge >= 0.3 is 12.1 Å². The lowest BCUT2D eigenvalue weighted by molar-refractivity contribution is -0.270. The Morgan fingerprint density at radius 1 is 0.818 bits per heavy atom. The molecule has 44 heavy (non-hydrogen) atoms. The normalized spacial score (nSPS) is 19.1. The molecule has 0 spiro atoms. The Labute approximate surface area is 251 Å². The van der Waals surface area contributed by atoms with Gasteiger partial charge < -0.3 is 25.2 Å². The minimum Gasteiger partial charge on any atom is -0.378 e. The van der Waals surface area contributed by atoms with Gasteiger partial charge in [-0.25, -0.2) is 0 Å². The fourth-order valence-corrected chi connectivity index (χ4v) is 5.05. The molecule has 3 atom stereocenters. The smallest absolute Gasteiger partial charge is 0.378 e. The number of rotatable bonds is 10. The van der Waals surface area contributed by atoms with Gasteiger partial charge in [-0.3, -0.25) is 24.0 Å². The van der Waals surface area contributed by atoms with Gasteiger partial charge in [0.15, 0.2) is 0 Å². The molecule has 0 aliphatic carbocycles. The first-order valence-electron chi connectivity index (χ1n) is 14.3. The van der Waals surface area contributed by atoms with E-state index in [4.69, 9.17) is 4.74 Å². The van der Waals surface area contributed by atoms with E-state index in [-0.39, 0.29) is 24.4 Å². The molecule has 1 aromatic rings. The minimum atomic E-state index is -6.14. The van der Waals surface area contributed by atoms with Gasteiger partial charge in [-0.2, -0.15) is 22.0 Å². The Morgan fingerprint density at radius 3 is 1.89 bits per heavy atom. The van der Waals surface area contributed by atoms with Gasteiger partial charge in [0.05, 0.1) is 19.3 Å². The highest BCUT2D eigenvalue weighted by atomic mass is 19.4. The number of nitrogens with zero attached hydrogens (tertiary/aromatic N) is 2. The Bertz CT molecular complexity index is 1230. The van der Waals surface area contributed by atoms with Crippen LogP contribution in [0.25, 0.3) is 0 Å². The minimum absolute atomic E-state index is 0.0629. The van der Waals surface area contributed by atoms with Crippen molar-refractivity contribution in [2.75, 3.05) is 32.8 Å².